The third-order valence-electron chi connectivity index (χ3n) is 2.08. The monoisotopic (exact) mass is 283 g/mol. The molecule has 1 amide bonds. The van der Waals surface area contributed by atoms with Crippen LogP contribution in [0.2, 0.25) is 0 Å². The van der Waals surface area contributed by atoms with Gasteiger partial charge in [0.2, 0.25) is 6.79 Å². The van der Waals surface area contributed by atoms with Crippen LogP contribution >= 0.6 is 0 Å². The fraction of sp³-hybridized carbons (Fsp3) is 0.364. The quantitative estimate of drug-likeness (QED) is 0.446. The number of carbonyl (C=O) groups excluding carboxylic acids is 2. The van der Waals surface area contributed by atoms with E-state index in [2.05, 4.69) is 14.8 Å². The number of hydrogen-bond acceptors (Lipinski definition) is 8. The number of carbonyl (C=O) groups is 2. The molecule has 0 aliphatic carbocycles. The fourth-order valence-electron chi connectivity index (χ4n) is 1.25. The highest BCUT2D eigenvalue weighted by Crippen LogP contribution is 2.29. The highest BCUT2D eigenvalue weighted by molar-refractivity contribution is 5.95. The zero-order valence-corrected chi connectivity index (χ0v) is 10.9. The number of hydrogen-bond donors (Lipinski definition) is 1. The van der Waals surface area contributed by atoms with Crippen LogP contribution in [0.3, 0.4) is 0 Å². The third-order valence-corrected chi connectivity index (χ3v) is 2.08. The summed E-state index contributed by atoms with van der Waals surface area (Å²) in [6, 6.07) is 1.45. The molecular weight excluding hydrogens is 270 g/mol. The van der Waals surface area contributed by atoms with Crippen LogP contribution in [0, 0.1) is 5.53 Å². The Bertz CT molecular complexity index is 505. The van der Waals surface area contributed by atoms with Gasteiger partial charge in [0.1, 0.15) is 6.61 Å². The van der Waals surface area contributed by atoms with Crippen molar-refractivity contribution in [3.8, 4) is 11.5 Å². The van der Waals surface area contributed by atoms with Crippen molar-refractivity contribution >= 4 is 11.9 Å². The Morgan fingerprint density at radius 3 is 2.75 bits per heavy atom. The van der Waals surface area contributed by atoms with Crippen LogP contribution in [0.5, 0.6) is 11.5 Å². The van der Waals surface area contributed by atoms with Crippen LogP contribution in [0.25, 0.3) is 0 Å². The Balaban J connectivity index is 2.83. The van der Waals surface area contributed by atoms with Gasteiger partial charge in [-0.15, -0.1) is 5.11 Å². The summed E-state index contributed by atoms with van der Waals surface area (Å²) in [5.74, 6) is -1.38. The third kappa shape index (κ3) is 3.99. The van der Waals surface area contributed by atoms with E-state index in [9.17, 15) is 9.59 Å². The average molecular weight is 283 g/mol. The van der Waals surface area contributed by atoms with Crippen molar-refractivity contribution in [3.05, 3.63) is 18.0 Å². The first-order valence-electron chi connectivity index (χ1n) is 5.36. The number of aromatic nitrogens is 1. The van der Waals surface area contributed by atoms with Gasteiger partial charge in [0, 0.05) is 19.4 Å². The summed E-state index contributed by atoms with van der Waals surface area (Å²) in [5.41, 5.74) is 6.50. The number of amides is 1. The summed E-state index contributed by atoms with van der Waals surface area (Å²) in [6.45, 7) is -0.677. The van der Waals surface area contributed by atoms with Crippen molar-refractivity contribution in [3.63, 3.8) is 0 Å². The Morgan fingerprint density at radius 2 is 2.15 bits per heavy atom. The normalized spacial score (nSPS) is 9.70. The van der Waals surface area contributed by atoms with Crippen molar-refractivity contribution in [2.75, 3.05) is 27.6 Å². The second-order valence-electron chi connectivity index (χ2n) is 3.32. The SMILES string of the molecule is COCC(=O)OCOc1c(OC)ccnc1C(=O)N=N. The van der Waals surface area contributed by atoms with Gasteiger partial charge in [-0.3, -0.25) is 4.79 Å². The van der Waals surface area contributed by atoms with Crippen molar-refractivity contribution in [2.24, 2.45) is 5.11 Å². The van der Waals surface area contributed by atoms with E-state index in [1.807, 2.05) is 0 Å². The van der Waals surface area contributed by atoms with Crippen LogP contribution in [0.4, 0.5) is 0 Å². The molecule has 1 heterocycles. The van der Waals surface area contributed by atoms with Crippen LogP contribution in [0.15, 0.2) is 17.4 Å². The van der Waals surface area contributed by atoms with Crippen LogP contribution in [0.1, 0.15) is 10.5 Å². The van der Waals surface area contributed by atoms with Crippen molar-refractivity contribution in [1.29, 1.82) is 5.53 Å². The first kappa shape index (κ1) is 15.5. The Labute approximate surface area is 114 Å². The molecular formula is C11H13N3O6. The highest BCUT2D eigenvalue weighted by Gasteiger charge is 2.19. The molecule has 0 aliphatic rings. The zero-order valence-electron chi connectivity index (χ0n) is 10.9. The maximum Gasteiger partial charge on any atom is 0.334 e. The minimum Gasteiger partial charge on any atom is -0.493 e. The van der Waals surface area contributed by atoms with Crippen molar-refractivity contribution in [1.82, 2.24) is 4.98 Å². The lowest BCUT2D eigenvalue weighted by atomic mass is 10.3. The lowest BCUT2D eigenvalue weighted by Gasteiger charge is -2.12. The number of ether oxygens (including phenoxy) is 4. The molecule has 0 aliphatic heterocycles. The smallest absolute Gasteiger partial charge is 0.334 e. The van der Waals surface area contributed by atoms with Crippen molar-refractivity contribution in [2.45, 2.75) is 0 Å². The van der Waals surface area contributed by atoms with E-state index >= 15 is 0 Å². The number of pyridine rings is 1. The van der Waals surface area contributed by atoms with Gasteiger partial charge in [-0.2, -0.15) is 0 Å². The zero-order chi connectivity index (χ0) is 15.0. The number of methoxy groups -OCH3 is 2. The molecule has 108 valence electrons. The maximum atomic E-state index is 11.4. The van der Waals surface area contributed by atoms with Crippen LogP contribution in [-0.2, 0) is 14.3 Å². The summed E-state index contributed by atoms with van der Waals surface area (Å²) >= 11 is 0. The molecule has 0 radical (unpaired) electrons. The standard InChI is InChI=1S/C11H13N3O6/c1-17-5-8(15)19-6-20-10-7(18-2)3-4-13-9(10)11(16)14-12/h3-4,12H,5-6H2,1-2H3. The van der Waals surface area contributed by atoms with E-state index in [4.69, 9.17) is 19.7 Å². The first-order chi connectivity index (χ1) is 9.63. The summed E-state index contributed by atoms with van der Waals surface area (Å²) in [6.07, 6.45) is 1.31. The van der Waals surface area contributed by atoms with Crippen LogP contribution in [-0.4, -0.2) is 44.5 Å². The van der Waals surface area contributed by atoms with Crippen molar-refractivity contribution < 1.29 is 28.5 Å². The van der Waals surface area contributed by atoms with E-state index in [0.29, 0.717) is 0 Å². The number of nitrogens with one attached hydrogen (secondary N) is 1. The van der Waals surface area contributed by atoms with E-state index < -0.39 is 18.7 Å². The summed E-state index contributed by atoms with van der Waals surface area (Å²) in [4.78, 5) is 26.3. The molecule has 1 aromatic rings. The predicted molar refractivity (Wildman–Crippen MR) is 63.7 cm³/mol. The summed E-state index contributed by atoms with van der Waals surface area (Å²) in [7, 11) is 2.71. The van der Waals surface area contributed by atoms with Gasteiger partial charge < -0.3 is 18.9 Å². The maximum absolute atomic E-state index is 11.4. The van der Waals surface area contributed by atoms with Gasteiger partial charge >= 0.3 is 11.9 Å². The van der Waals surface area contributed by atoms with Gasteiger partial charge in [0.25, 0.3) is 0 Å². The van der Waals surface area contributed by atoms with Gasteiger partial charge in [0.15, 0.2) is 17.2 Å². The number of nitrogens with zero attached hydrogens (tertiary/aromatic N) is 2. The van der Waals surface area contributed by atoms with Gasteiger partial charge in [-0.05, 0) is 0 Å². The molecule has 0 spiro atoms. The van der Waals surface area contributed by atoms with Gasteiger partial charge in [-0.1, -0.05) is 0 Å². The topological polar surface area (TPSA) is 120 Å². The minimum absolute atomic E-state index is 0.0544. The molecule has 0 atom stereocenters. The summed E-state index contributed by atoms with van der Waals surface area (Å²) in [5, 5.41) is 2.75. The lowest BCUT2D eigenvalue weighted by Crippen LogP contribution is -2.16. The molecule has 1 N–H and O–H groups in total. The Kier molecular flexibility index (Phi) is 6.04. The fourth-order valence-corrected chi connectivity index (χ4v) is 1.25. The van der Waals surface area contributed by atoms with Gasteiger partial charge in [0.05, 0.1) is 7.11 Å². The van der Waals surface area contributed by atoms with E-state index in [1.54, 1.807) is 0 Å². The average Bonchev–Trinajstić information content (AvgIpc) is 2.46. The van der Waals surface area contributed by atoms with Gasteiger partial charge in [-0.25, -0.2) is 15.3 Å². The molecule has 0 fully saturated rings. The molecule has 0 bridgehead atoms. The van der Waals surface area contributed by atoms with E-state index in [-0.39, 0.29) is 23.8 Å². The number of rotatable bonds is 7. The minimum atomic E-state index is -0.901. The summed E-state index contributed by atoms with van der Waals surface area (Å²) < 4.78 is 19.4. The molecule has 0 saturated heterocycles. The highest BCUT2D eigenvalue weighted by atomic mass is 16.7. The Hall–Kier alpha value is -2.55. The second-order valence-corrected chi connectivity index (χ2v) is 3.32. The molecule has 0 aromatic carbocycles. The molecule has 1 rings (SSSR count). The first-order valence-corrected chi connectivity index (χ1v) is 5.36. The predicted octanol–water partition coefficient (Wildman–Crippen LogP) is 0.787. The number of esters is 1. The molecule has 0 unspecified atom stereocenters. The molecule has 20 heavy (non-hydrogen) atoms. The lowest BCUT2D eigenvalue weighted by molar-refractivity contribution is -0.154. The molecule has 0 saturated carbocycles. The molecule has 9 heteroatoms. The van der Waals surface area contributed by atoms with Crippen LogP contribution < -0.4 is 9.47 Å². The second kappa shape index (κ2) is 7.79. The van der Waals surface area contributed by atoms with E-state index in [1.165, 1.54) is 26.5 Å². The largest absolute Gasteiger partial charge is 0.493 e. The molecule has 1 aromatic heterocycles. The van der Waals surface area contributed by atoms with E-state index in [0.717, 1.165) is 0 Å². The molecule has 9 nitrogen and oxygen atoms in total. The Morgan fingerprint density at radius 1 is 1.40 bits per heavy atom.